The van der Waals surface area contributed by atoms with Crippen LogP contribution in [0.1, 0.15) is 25.0 Å². The van der Waals surface area contributed by atoms with Crippen LogP contribution in [0.3, 0.4) is 0 Å². The maximum absolute atomic E-state index is 13.1. The van der Waals surface area contributed by atoms with E-state index >= 15 is 0 Å². The van der Waals surface area contributed by atoms with E-state index in [-0.39, 0.29) is 12.5 Å². The molecule has 0 radical (unpaired) electrons. The molecule has 0 unspecified atom stereocenters. The lowest BCUT2D eigenvalue weighted by Crippen LogP contribution is -2.56. The Kier molecular flexibility index (Phi) is 10.8. The van der Waals surface area contributed by atoms with Crippen molar-refractivity contribution in [3.05, 3.63) is 96.1 Å². The third kappa shape index (κ3) is 8.69. The molecule has 0 saturated heterocycles. The van der Waals surface area contributed by atoms with E-state index in [0.717, 1.165) is 22.3 Å². The molecule has 0 aliphatic heterocycles. The monoisotopic (exact) mass is 518 g/mol. The summed E-state index contributed by atoms with van der Waals surface area (Å²) in [6.07, 6.45) is -1.25. The molecule has 3 aromatic rings. The lowest BCUT2D eigenvalue weighted by molar-refractivity contribution is -0.125. The van der Waals surface area contributed by atoms with Crippen molar-refractivity contribution >= 4 is 12.0 Å². The molecule has 5 N–H and O–H groups in total. The SMILES string of the molecule is COC(=O)N[C@H](C(=O)N[C@@H](Cc1ccccc1)[C@@H](O)CN(N)Cc1ccc(-c2ccccc2)cc1)C(C)C. The number of benzene rings is 3. The summed E-state index contributed by atoms with van der Waals surface area (Å²) in [5.74, 6) is 5.71. The van der Waals surface area contributed by atoms with E-state index in [0.29, 0.717) is 13.0 Å². The number of alkyl carbamates (subject to hydrolysis) is 1. The molecule has 8 heteroatoms. The van der Waals surface area contributed by atoms with E-state index in [9.17, 15) is 14.7 Å². The van der Waals surface area contributed by atoms with Crippen LogP contribution in [-0.4, -0.2) is 54.0 Å². The second kappa shape index (κ2) is 14.3. The number of aliphatic hydroxyl groups is 1. The Labute approximate surface area is 224 Å². The molecule has 38 heavy (non-hydrogen) atoms. The summed E-state index contributed by atoms with van der Waals surface area (Å²) in [5, 5.41) is 18.2. The Balaban J connectivity index is 1.67. The lowest BCUT2D eigenvalue weighted by Gasteiger charge is -2.30. The first-order chi connectivity index (χ1) is 18.3. The largest absolute Gasteiger partial charge is 0.453 e. The highest BCUT2D eigenvalue weighted by molar-refractivity contribution is 5.86. The number of nitrogens with one attached hydrogen (secondary N) is 2. The van der Waals surface area contributed by atoms with Gasteiger partial charge in [0.1, 0.15) is 6.04 Å². The number of ether oxygens (including phenoxy) is 1. The molecule has 0 bridgehead atoms. The Bertz CT molecular complexity index is 1140. The summed E-state index contributed by atoms with van der Waals surface area (Å²) in [5.41, 5.74) is 4.22. The van der Waals surface area contributed by atoms with Crippen molar-refractivity contribution in [3.63, 3.8) is 0 Å². The zero-order chi connectivity index (χ0) is 27.5. The summed E-state index contributed by atoms with van der Waals surface area (Å²) in [7, 11) is 1.25. The number of methoxy groups -OCH3 is 1. The molecule has 0 aliphatic rings. The summed E-state index contributed by atoms with van der Waals surface area (Å²) in [4.78, 5) is 24.9. The van der Waals surface area contributed by atoms with Gasteiger partial charge in [-0.25, -0.2) is 9.80 Å². The van der Waals surface area contributed by atoms with Crippen LogP contribution in [-0.2, 0) is 22.5 Å². The number of hydrogen-bond acceptors (Lipinski definition) is 6. The molecule has 3 rings (SSSR count). The molecule has 2 amide bonds. The standard InChI is InChI=1S/C30H38N4O4/c1-21(2)28(33-30(37)38-3)29(36)32-26(18-22-10-6-4-7-11-22)27(35)20-34(31)19-23-14-16-25(17-15-23)24-12-8-5-9-13-24/h4-17,21,26-28,35H,18-20,31H2,1-3H3,(H,32,36)(H,33,37)/t26-,27-,28-/m0/s1. The number of aliphatic hydroxyl groups excluding tert-OH is 1. The Morgan fingerprint density at radius 2 is 1.45 bits per heavy atom. The Hall–Kier alpha value is -3.72. The number of hydrogen-bond donors (Lipinski definition) is 4. The number of amides is 2. The van der Waals surface area contributed by atoms with E-state index in [1.54, 1.807) is 5.01 Å². The van der Waals surface area contributed by atoms with Gasteiger partial charge in [0, 0.05) is 13.1 Å². The third-order valence-corrected chi connectivity index (χ3v) is 6.37. The molecule has 3 aromatic carbocycles. The van der Waals surface area contributed by atoms with Crippen molar-refractivity contribution in [2.45, 2.75) is 45.0 Å². The fraction of sp³-hybridized carbons (Fsp3) is 0.333. The van der Waals surface area contributed by atoms with Crippen LogP contribution in [0.4, 0.5) is 4.79 Å². The van der Waals surface area contributed by atoms with Gasteiger partial charge in [-0.15, -0.1) is 0 Å². The van der Waals surface area contributed by atoms with Crippen molar-refractivity contribution in [2.24, 2.45) is 11.8 Å². The van der Waals surface area contributed by atoms with E-state index in [1.165, 1.54) is 7.11 Å². The quantitative estimate of drug-likeness (QED) is 0.215. The first-order valence-corrected chi connectivity index (χ1v) is 12.8. The van der Waals surface area contributed by atoms with Crippen LogP contribution in [0.15, 0.2) is 84.9 Å². The van der Waals surface area contributed by atoms with Crippen molar-refractivity contribution < 1.29 is 19.4 Å². The van der Waals surface area contributed by atoms with Crippen LogP contribution >= 0.6 is 0 Å². The number of nitrogens with zero attached hydrogens (tertiary/aromatic N) is 1. The fourth-order valence-corrected chi connectivity index (χ4v) is 4.24. The molecule has 202 valence electrons. The second-order valence-electron chi connectivity index (χ2n) is 9.72. The minimum atomic E-state index is -0.960. The number of rotatable bonds is 12. The van der Waals surface area contributed by atoms with Crippen molar-refractivity contribution in [1.29, 1.82) is 0 Å². The normalized spacial score (nSPS) is 13.6. The fourth-order valence-electron chi connectivity index (χ4n) is 4.24. The molecule has 0 heterocycles. The maximum atomic E-state index is 13.1. The zero-order valence-corrected chi connectivity index (χ0v) is 22.2. The van der Waals surface area contributed by atoms with Gasteiger partial charge in [0.15, 0.2) is 0 Å². The Morgan fingerprint density at radius 3 is 2.03 bits per heavy atom. The van der Waals surface area contributed by atoms with Crippen LogP contribution in [0.2, 0.25) is 0 Å². The highest BCUT2D eigenvalue weighted by Gasteiger charge is 2.30. The van der Waals surface area contributed by atoms with E-state index in [1.807, 2.05) is 86.6 Å². The van der Waals surface area contributed by atoms with Crippen LogP contribution in [0.25, 0.3) is 11.1 Å². The first-order valence-electron chi connectivity index (χ1n) is 12.8. The summed E-state index contributed by atoms with van der Waals surface area (Å²) >= 11 is 0. The molecule has 0 saturated carbocycles. The second-order valence-corrected chi connectivity index (χ2v) is 9.72. The number of carbonyl (C=O) groups is 2. The van der Waals surface area contributed by atoms with Gasteiger partial charge in [-0.2, -0.15) is 0 Å². The molecule has 0 aliphatic carbocycles. The smallest absolute Gasteiger partial charge is 0.407 e. The highest BCUT2D eigenvalue weighted by atomic mass is 16.5. The van der Waals surface area contributed by atoms with Crippen molar-refractivity contribution in [3.8, 4) is 11.1 Å². The molecular weight excluding hydrogens is 480 g/mol. The first kappa shape index (κ1) is 28.8. The molecule has 8 nitrogen and oxygen atoms in total. The van der Waals surface area contributed by atoms with Gasteiger partial charge >= 0.3 is 6.09 Å². The van der Waals surface area contributed by atoms with Crippen LogP contribution < -0.4 is 16.5 Å². The minimum absolute atomic E-state index is 0.134. The van der Waals surface area contributed by atoms with Crippen LogP contribution in [0, 0.1) is 5.92 Å². The van der Waals surface area contributed by atoms with Gasteiger partial charge in [-0.05, 0) is 34.6 Å². The number of carbonyl (C=O) groups excluding carboxylic acids is 2. The van der Waals surface area contributed by atoms with Crippen molar-refractivity contribution in [2.75, 3.05) is 13.7 Å². The minimum Gasteiger partial charge on any atom is -0.453 e. The zero-order valence-electron chi connectivity index (χ0n) is 22.2. The van der Waals surface area contributed by atoms with Gasteiger partial charge < -0.3 is 20.5 Å². The maximum Gasteiger partial charge on any atom is 0.407 e. The van der Waals surface area contributed by atoms with Gasteiger partial charge in [0.2, 0.25) is 5.91 Å². The van der Waals surface area contributed by atoms with E-state index in [2.05, 4.69) is 27.5 Å². The number of nitrogens with two attached hydrogens (primary N) is 1. The van der Waals surface area contributed by atoms with Gasteiger partial charge in [0.25, 0.3) is 0 Å². The third-order valence-electron chi connectivity index (χ3n) is 6.37. The molecule has 0 spiro atoms. The average Bonchev–Trinajstić information content (AvgIpc) is 2.92. The van der Waals surface area contributed by atoms with E-state index < -0.39 is 30.2 Å². The average molecular weight is 519 g/mol. The molecular formula is C30H38N4O4. The predicted octanol–water partition coefficient (Wildman–Crippen LogP) is 3.50. The molecule has 0 fully saturated rings. The van der Waals surface area contributed by atoms with E-state index in [4.69, 9.17) is 5.84 Å². The highest BCUT2D eigenvalue weighted by Crippen LogP contribution is 2.19. The Morgan fingerprint density at radius 1 is 0.868 bits per heavy atom. The van der Waals surface area contributed by atoms with Gasteiger partial charge in [-0.3, -0.25) is 10.6 Å². The van der Waals surface area contributed by atoms with Crippen molar-refractivity contribution in [1.82, 2.24) is 15.6 Å². The summed E-state index contributed by atoms with van der Waals surface area (Å²) in [6.45, 7) is 4.21. The predicted molar refractivity (Wildman–Crippen MR) is 149 cm³/mol. The molecule has 0 aromatic heterocycles. The summed E-state index contributed by atoms with van der Waals surface area (Å²) < 4.78 is 4.67. The lowest BCUT2D eigenvalue weighted by atomic mass is 9.98. The van der Waals surface area contributed by atoms with Crippen LogP contribution in [0.5, 0.6) is 0 Å². The molecule has 3 atom stereocenters. The number of hydrazine groups is 1. The van der Waals surface area contributed by atoms with Gasteiger partial charge in [-0.1, -0.05) is 98.8 Å². The summed E-state index contributed by atoms with van der Waals surface area (Å²) in [6, 6.07) is 26.4. The topological polar surface area (TPSA) is 117 Å². The van der Waals surface area contributed by atoms with Gasteiger partial charge in [0.05, 0.1) is 19.3 Å².